The third-order valence-electron chi connectivity index (χ3n) is 3.72. The maximum atomic E-state index is 13.4. The molecule has 0 unspecified atom stereocenters. The predicted octanol–water partition coefficient (Wildman–Crippen LogP) is 5.53. The van der Waals surface area contributed by atoms with Crippen LogP contribution in [0.15, 0.2) is 48.7 Å². The second-order valence-corrected chi connectivity index (χ2v) is 6.28. The Morgan fingerprint density at radius 3 is 2.67 bits per heavy atom. The highest BCUT2D eigenvalue weighted by molar-refractivity contribution is 6.36. The van der Waals surface area contributed by atoms with Gasteiger partial charge in [-0.15, -0.1) is 6.42 Å². The summed E-state index contributed by atoms with van der Waals surface area (Å²) < 4.78 is 18.8. The third kappa shape index (κ3) is 4.25. The average molecular weight is 402 g/mol. The second kappa shape index (κ2) is 8.17. The van der Waals surface area contributed by atoms with Crippen LogP contribution in [0.2, 0.25) is 10.2 Å². The third-order valence-corrected chi connectivity index (χ3v) is 4.32. The van der Waals surface area contributed by atoms with Crippen LogP contribution < -0.4 is 15.8 Å². The lowest BCUT2D eigenvalue weighted by Crippen LogP contribution is -2.01. The van der Waals surface area contributed by atoms with Crippen LogP contribution in [0, 0.1) is 18.2 Å². The molecule has 0 bridgehead atoms. The van der Waals surface area contributed by atoms with E-state index in [1.807, 2.05) is 0 Å². The Labute approximate surface area is 166 Å². The summed E-state index contributed by atoms with van der Waals surface area (Å²) in [5.41, 5.74) is 8.88. The number of nitrogens with zero attached hydrogens (tertiary/aromatic N) is 1. The molecule has 3 rings (SSSR count). The van der Waals surface area contributed by atoms with Crippen LogP contribution in [-0.4, -0.2) is 11.6 Å². The molecule has 0 saturated heterocycles. The van der Waals surface area contributed by atoms with E-state index in [0.29, 0.717) is 33.9 Å². The van der Waals surface area contributed by atoms with Crippen molar-refractivity contribution in [3.05, 3.63) is 64.7 Å². The SMILES string of the molecule is C#CCOc1ccc(Nc2ccnc(Cl)c2-c2ccc(F)cc2Cl)c(N)c1. The number of nitrogens with one attached hydrogen (secondary N) is 1. The van der Waals surface area contributed by atoms with Crippen molar-refractivity contribution in [3.8, 4) is 29.2 Å². The molecule has 0 aliphatic rings. The van der Waals surface area contributed by atoms with Gasteiger partial charge in [-0.1, -0.05) is 29.1 Å². The van der Waals surface area contributed by atoms with E-state index in [-0.39, 0.29) is 16.8 Å². The quantitative estimate of drug-likeness (QED) is 0.335. The Bertz CT molecular complexity index is 1030. The number of nitrogens with two attached hydrogens (primary N) is 1. The molecule has 0 radical (unpaired) electrons. The molecule has 3 N–H and O–H groups in total. The smallest absolute Gasteiger partial charge is 0.148 e. The zero-order valence-electron chi connectivity index (χ0n) is 14.0. The minimum Gasteiger partial charge on any atom is -0.481 e. The number of ether oxygens (including phenoxy) is 1. The monoisotopic (exact) mass is 401 g/mol. The molecule has 3 aromatic rings. The molecule has 0 spiro atoms. The van der Waals surface area contributed by atoms with Gasteiger partial charge in [0.25, 0.3) is 0 Å². The molecule has 0 fully saturated rings. The summed E-state index contributed by atoms with van der Waals surface area (Å²) in [5.74, 6) is 2.51. The summed E-state index contributed by atoms with van der Waals surface area (Å²) in [6.07, 6.45) is 6.73. The summed E-state index contributed by atoms with van der Waals surface area (Å²) in [6, 6.07) is 11.0. The fraction of sp³-hybridized carbons (Fsp3) is 0.0500. The van der Waals surface area contributed by atoms with E-state index < -0.39 is 5.82 Å². The molecule has 0 aliphatic carbocycles. The van der Waals surface area contributed by atoms with E-state index in [0.717, 1.165) is 0 Å². The lowest BCUT2D eigenvalue weighted by molar-refractivity contribution is 0.370. The van der Waals surface area contributed by atoms with Crippen molar-refractivity contribution < 1.29 is 9.13 Å². The number of nitrogen functional groups attached to an aromatic ring is 1. The maximum absolute atomic E-state index is 13.4. The molecule has 7 heteroatoms. The van der Waals surface area contributed by atoms with Gasteiger partial charge in [-0.25, -0.2) is 9.37 Å². The molecule has 2 aromatic carbocycles. The van der Waals surface area contributed by atoms with Gasteiger partial charge in [-0.2, -0.15) is 0 Å². The van der Waals surface area contributed by atoms with Crippen molar-refractivity contribution in [2.75, 3.05) is 17.7 Å². The van der Waals surface area contributed by atoms with Crippen molar-refractivity contribution in [1.82, 2.24) is 4.98 Å². The fourth-order valence-corrected chi connectivity index (χ4v) is 3.03. The van der Waals surface area contributed by atoms with E-state index in [2.05, 4.69) is 16.2 Å². The number of hydrogen-bond acceptors (Lipinski definition) is 4. The summed E-state index contributed by atoms with van der Waals surface area (Å²) in [5, 5.41) is 3.65. The lowest BCUT2D eigenvalue weighted by atomic mass is 10.1. The van der Waals surface area contributed by atoms with E-state index >= 15 is 0 Å². The van der Waals surface area contributed by atoms with Gasteiger partial charge in [0.15, 0.2) is 0 Å². The second-order valence-electron chi connectivity index (χ2n) is 5.52. The van der Waals surface area contributed by atoms with Gasteiger partial charge < -0.3 is 15.8 Å². The summed E-state index contributed by atoms with van der Waals surface area (Å²) in [6.45, 7) is 0.152. The first kappa shape index (κ1) is 18.8. The topological polar surface area (TPSA) is 60.2 Å². The van der Waals surface area contributed by atoms with Gasteiger partial charge in [0.2, 0.25) is 0 Å². The summed E-state index contributed by atoms with van der Waals surface area (Å²) in [4.78, 5) is 4.09. The van der Waals surface area contributed by atoms with E-state index in [4.69, 9.17) is 40.1 Å². The normalized spacial score (nSPS) is 10.3. The van der Waals surface area contributed by atoms with Gasteiger partial charge in [0.1, 0.15) is 23.3 Å². The Balaban J connectivity index is 1.99. The van der Waals surface area contributed by atoms with E-state index in [1.165, 1.54) is 12.1 Å². The standard InChI is InChI=1S/C20H14Cl2FN3O/c1-2-9-27-13-4-6-17(16(24)11-13)26-18-7-8-25-20(22)19(18)14-5-3-12(23)10-15(14)21/h1,3-8,10-11H,9,24H2,(H,25,26). The molecule has 136 valence electrons. The predicted molar refractivity (Wildman–Crippen MR) is 108 cm³/mol. The molecule has 0 amide bonds. The molecule has 0 saturated carbocycles. The van der Waals surface area contributed by atoms with Crippen molar-refractivity contribution in [2.45, 2.75) is 0 Å². The summed E-state index contributed by atoms with van der Waals surface area (Å²) in [7, 11) is 0. The molecular formula is C20H14Cl2FN3O. The zero-order valence-corrected chi connectivity index (χ0v) is 15.5. The number of anilines is 3. The largest absolute Gasteiger partial charge is 0.481 e. The van der Waals surface area contributed by atoms with Crippen LogP contribution in [0.25, 0.3) is 11.1 Å². The Morgan fingerprint density at radius 2 is 1.96 bits per heavy atom. The van der Waals surface area contributed by atoms with Gasteiger partial charge >= 0.3 is 0 Å². The van der Waals surface area contributed by atoms with Gasteiger partial charge in [0.05, 0.1) is 22.1 Å². The number of benzene rings is 2. The van der Waals surface area contributed by atoms with Crippen LogP contribution in [0.1, 0.15) is 0 Å². The van der Waals surface area contributed by atoms with Gasteiger partial charge in [0, 0.05) is 23.4 Å². The Kier molecular flexibility index (Phi) is 5.70. The lowest BCUT2D eigenvalue weighted by Gasteiger charge is -2.16. The Hall–Kier alpha value is -2.94. The van der Waals surface area contributed by atoms with Gasteiger partial charge in [-0.05, 0) is 36.4 Å². The minimum atomic E-state index is -0.440. The maximum Gasteiger partial charge on any atom is 0.148 e. The van der Waals surface area contributed by atoms with Gasteiger partial charge in [-0.3, -0.25) is 0 Å². The van der Waals surface area contributed by atoms with E-state index in [1.54, 1.807) is 36.5 Å². The highest BCUT2D eigenvalue weighted by Crippen LogP contribution is 2.40. The number of terminal acetylenes is 1. The Morgan fingerprint density at radius 1 is 1.15 bits per heavy atom. The zero-order chi connectivity index (χ0) is 19.4. The number of aromatic nitrogens is 1. The van der Waals surface area contributed by atoms with Crippen LogP contribution >= 0.6 is 23.2 Å². The van der Waals surface area contributed by atoms with Crippen LogP contribution in [0.4, 0.5) is 21.5 Å². The first-order valence-electron chi connectivity index (χ1n) is 7.82. The van der Waals surface area contributed by atoms with Crippen LogP contribution in [0.3, 0.4) is 0 Å². The highest BCUT2D eigenvalue weighted by atomic mass is 35.5. The number of hydrogen-bond donors (Lipinski definition) is 2. The molecule has 1 aromatic heterocycles. The molecular weight excluding hydrogens is 388 g/mol. The molecule has 27 heavy (non-hydrogen) atoms. The number of halogens is 3. The van der Waals surface area contributed by atoms with Crippen molar-refractivity contribution in [3.63, 3.8) is 0 Å². The fourth-order valence-electron chi connectivity index (χ4n) is 2.50. The minimum absolute atomic E-state index is 0.152. The molecule has 0 atom stereocenters. The number of rotatable bonds is 5. The van der Waals surface area contributed by atoms with Crippen molar-refractivity contribution >= 4 is 40.3 Å². The molecule has 4 nitrogen and oxygen atoms in total. The van der Waals surface area contributed by atoms with Crippen molar-refractivity contribution in [2.24, 2.45) is 0 Å². The summed E-state index contributed by atoms with van der Waals surface area (Å²) >= 11 is 12.5. The molecule has 0 aliphatic heterocycles. The average Bonchev–Trinajstić information content (AvgIpc) is 2.63. The van der Waals surface area contributed by atoms with E-state index in [9.17, 15) is 4.39 Å². The first-order valence-corrected chi connectivity index (χ1v) is 8.58. The van der Waals surface area contributed by atoms with Crippen LogP contribution in [-0.2, 0) is 0 Å². The number of pyridine rings is 1. The van der Waals surface area contributed by atoms with Crippen molar-refractivity contribution in [1.29, 1.82) is 0 Å². The van der Waals surface area contributed by atoms with Crippen LogP contribution in [0.5, 0.6) is 5.75 Å². The first-order chi connectivity index (χ1) is 13.0. The highest BCUT2D eigenvalue weighted by Gasteiger charge is 2.15. The molecule has 1 heterocycles.